The van der Waals surface area contributed by atoms with Crippen LogP contribution in [-0.2, 0) is 0 Å². The highest BCUT2D eigenvalue weighted by Crippen LogP contribution is 2.40. The van der Waals surface area contributed by atoms with Gasteiger partial charge in [-0.05, 0) is 66.0 Å². The second kappa shape index (κ2) is 8.01. The molecule has 4 heteroatoms. The Kier molecular flexibility index (Phi) is 4.30. The molecule has 0 unspecified atom stereocenters. The first-order chi connectivity index (χ1) is 19.8. The zero-order valence-corrected chi connectivity index (χ0v) is 21.5. The van der Waals surface area contributed by atoms with Crippen molar-refractivity contribution in [3.63, 3.8) is 0 Å². The molecule has 0 aliphatic rings. The molecule has 4 aromatic carbocycles. The van der Waals surface area contributed by atoms with Gasteiger partial charge in [0.1, 0.15) is 5.82 Å². The molecule has 40 heavy (non-hydrogen) atoms. The Balaban J connectivity index is 1.46. The lowest BCUT2D eigenvalue weighted by Crippen LogP contribution is -1.99. The number of benzene rings is 4. The molecule has 0 fully saturated rings. The molecule has 0 N–H and O–H groups in total. The van der Waals surface area contributed by atoms with E-state index in [4.69, 9.17) is 4.98 Å². The maximum Gasteiger partial charge on any atom is 0.138 e. The maximum atomic E-state index is 5.11. The largest absolute Gasteiger partial charge is 0.309 e. The fourth-order valence-corrected chi connectivity index (χ4v) is 6.41. The monoisotopic (exact) mass is 510 g/mol. The Morgan fingerprint density at radius 3 is 1.98 bits per heavy atom. The van der Waals surface area contributed by atoms with Crippen molar-refractivity contribution in [3.05, 3.63) is 134 Å². The van der Waals surface area contributed by atoms with Crippen molar-refractivity contribution in [1.82, 2.24) is 18.9 Å². The van der Waals surface area contributed by atoms with Crippen LogP contribution >= 0.6 is 0 Å². The van der Waals surface area contributed by atoms with Gasteiger partial charge in [0.2, 0.25) is 0 Å². The van der Waals surface area contributed by atoms with E-state index in [0.717, 1.165) is 28.2 Å². The maximum absolute atomic E-state index is 5.11. The van der Waals surface area contributed by atoms with Crippen LogP contribution in [0.15, 0.2) is 134 Å². The van der Waals surface area contributed by atoms with Crippen LogP contribution in [0.1, 0.15) is 0 Å². The van der Waals surface area contributed by atoms with Gasteiger partial charge in [-0.15, -0.1) is 0 Å². The molecular formula is C36H22N4. The molecule has 0 bridgehead atoms. The summed E-state index contributed by atoms with van der Waals surface area (Å²) in [5, 5.41) is 7.42. The van der Waals surface area contributed by atoms with Crippen molar-refractivity contribution >= 4 is 59.9 Å². The van der Waals surface area contributed by atoms with Crippen molar-refractivity contribution < 1.29 is 0 Å². The predicted molar refractivity (Wildman–Crippen MR) is 165 cm³/mol. The molecule has 9 rings (SSSR count). The van der Waals surface area contributed by atoms with Gasteiger partial charge in [-0.25, -0.2) is 4.98 Å². The molecule has 9 aromatic rings. The van der Waals surface area contributed by atoms with E-state index in [2.05, 4.69) is 117 Å². The molecule has 0 atom stereocenters. The van der Waals surface area contributed by atoms with E-state index < -0.39 is 0 Å². The summed E-state index contributed by atoms with van der Waals surface area (Å²) in [4.78, 5) is 9.65. The van der Waals surface area contributed by atoms with Crippen LogP contribution in [0.25, 0.3) is 77.1 Å². The minimum absolute atomic E-state index is 0.857. The number of para-hydroxylation sites is 3. The number of pyridine rings is 3. The number of rotatable bonds is 2. The van der Waals surface area contributed by atoms with Crippen molar-refractivity contribution in [2.75, 3.05) is 0 Å². The third-order valence-corrected chi connectivity index (χ3v) is 8.12. The first-order valence-corrected chi connectivity index (χ1v) is 13.5. The molecule has 5 aromatic heterocycles. The van der Waals surface area contributed by atoms with Gasteiger partial charge in [0.05, 0.1) is 39.0 Å². The van der Waals surface area contributed by atoms with Crippen LogP contribution in [0.2, 0.25) is 0 Å². The summed E-state index contributed by atoms with van der Waals surface area (Å²) < 4.78 is 4.71. The summed E-state index contributed by atoms with van der Waals surface area (Å²) in [6.45, 7) is 0. The Morgan fingerprint density at radius 2 is 1.12 bits per heavy atom. The number of fused-ring (bicyclic) bond motifs is 11. The lowest BCUT2D eigenvalue weighted by molar-refractivity contribution is 1.08. The summed E-state index contributed by atoms with van der Waals surface area (Å²) in [6.07, 6.45) is 1.81. The minimum Gasteiger partial charge on any atom is -0.309 e. The second-order valence-electron chi connectivity index (χ2n) is 10.3. The quantitative estimate of drug-likeness (QED) is 0.218. The van der Waals surface area contributed by atoms with Gasteiger partial charge in [0.15, 0.2) is 0 Å². The summed E-state index contributed by atoms with van der Waals surface area (Å²) in [5.41, 5.74) is 7.66. The normalized spacial score (nSPS) is 12.0. The van der Waals surface area contributed by atoms with E-state index in [-0.39, 0.29) is 0 Å². The number of hydrogen-bond donors (Lipinski definition) is 0. The molecule has 5 heterocycles. The highest BCUT2D eigenvalue weighted by atomic mass is 15.1. The van der Waals surface area contributed by atoms with Crippen molar-refractivity contribution in [2.24, 2.45) is 0 Å². The lowest BCUT2D eigenvalue weighted by atomic mass is 10.0. The van der Waals surface area contributed by atoms with Crippen LogP contribution in [0.3, 0.4) is 0 Å². The van der Waals surface area contributed by atoms with Gasteiger partial charge in [-0.3, -0.25) is 9.55 Å². The van der Waals surface area contributed by atoms with Crippen molar-refractivity contribution in [2.45, 2.75) is 0 Å². The molecule has 0 saturated heterocycles. The Hall–Kier alpha value is -5.48. The fraction of sp³-hybridized carbons (Fsp3) is 0. The average molecular weight is 511 g/mol. The van der Waals surface area contributed by atoms with E-state index in [9.17, 15) is 0 Å². The zero-order valence-electron chi connectivity index (χ0n) is 21.5. The van der Waals surface area contributed by atoms with E-state index in [1.54, 1.807) is 0 Å². The second-order valence-corrected chi connectivity index (χ2v) is 10.3. The van der Waals surface area contributed by atoms with Gasteiger partial charge >= 0.3 is 0 Å². The van der Waals surface area contributed by atoms with Crippen molar-refractivity contribution in [3.8, 4) is 17.2 Å². The molecule has 0 radical (unpaired) electrons. The first kappa shape index (κ1) is 21.5. The summed E-state index contributed by atoms with van der Waals surface area (Å²) in [6, 6.07) is 45.2. The highest BCUT2D eigenvalue weighted by Gasteiger charge is 2.18. The minimum atomic E-state index is 0.857. The van der Waals surface area contributed by atoms with Crippen LogP contribution in [-0.4, -0.2) is 18.9 Å². The number of aromatic nitrogens is 4. The SMILES string of the molecule is c1ccc(-c2cccc(-n3c4ccccc4c4cc5c6ccccc6n6c7ccccc7cc6c5cc43)n2)nc1. The number of nitrogens with zero attached hydrogens (tertiary/aromatic N) is 4. The molecule has 0 amide bonds. The van der Waals surface area contributed by atoms with Crippen LogP contribution in [0.5, 0.6) is 0 Å². The van der Waals surface area contributed by atoms with Crippen LogP contribution in [0, 0.1) is 0 Å². The van der Waals surface area contributed by atoms with E-state index >= 15 is 0 Å². The lowest BCUT2D eigenvalue weighted by Gasteiger charge is -2.12. The summed E-state index contributed by atoms with van der Waals surface area (Å²) in [5.74, 6) is 0.881. The Morgan fingerprint density at radius 1 is 0.425 bits per heavy atom. The Labute approximate surface area is 229 Å². The molecule has 0 spiro atoms. The van der Waals surface area contributed by atoms with Gasteiger partial charge < -0.3 is 4.40 Å². The molecular weight excluding hydrogens is 488 g/mol. The standard InChI is InChI=1S/C36H22N4/c1-4-15-31-23(10-1)20-34-28-22-35-27(21-26(28)24-11-2-5-16-32(24)39(31)34)25-12-3-6-17-33(25)40(35)36-18-9-14-30(38-36)29-13-7-8-19-37-29/h1-22H. The average Bonchev–Trinajstić information content (AvgIpc) is 3.57. The topological polar surface area (TPSA) is 35.1 Å². The molecule has 0 aliphatic carbocycles. The third-order valence-electron chi connectivity index (χ3n) is 8.12. The van der Waals surface area contributed by atoms with Crippen LogP contribution in [0.4, 0.5) is 0 Å². The Bertz CT molecular complexity index is 2430. The third kappa shape index (κ3) is 2.90. The van der Waals surface area contributed by atoms with Gasteiger partial charge in [0.25, 0.3) is 0 Å². The van der Waals surface area contributed by atoms with E-state index in [1.807, 2.05) is 30.5 Å². The molecule has 4 nitrogen and oxygen atoms in total. The molecule has 0 aliphatic heterocycles. The first-order valence-electron chi connectivity index (χ1n) is 13.5. The zero-order chi connectivity index (χ0) is 26.2. The van der Waals surface area contributed by atoms with E-state index in [1.165, 1.54) is 48.9 Å². The molecule has 0 saturated carbocycles. The van der Waals surface area contributed by atoms with Gasteiger partial charge in [-0.2, -0.15) is 0 Å². The fourth-order valence-electron chi connectivity index (χ4n) is 6.41. The smallest absolute Gasteiger partial charge is 0.138 e. The summed E-state index contributed by atoms with van der Waals surface area (Å²) in [7, 11) is 0. The van der Waals surface area contributed by atoms with Crippen molar-refractivity contribution in [1.29, 1.82) is 0 Å². The number of hydrogen-bond acceptors (Lipinski definition) is 2. The van der Waals surface area contributed by atoms with Crippen LogP contribution < -0.4 is 0 Å². The summed E-state index contributed by atoms with van der Waals surface area (Å²) >= 11 is 0. The highest BCUT2D eigenvalue weighted by molar-refractivity contribution is 6.22. The molecule has 186 valence electrons. The predicted octanol–water partition coefficient (Wildman–Crippen LogP) is 8.95. The van der Waals surface area contributed by atoms with Gasteiger partial charge in [-0.1, -0.05) is 66.7 Å². The van der Waals surface area contributed by atoms with E-state index in [0.29, 0.717) is 0 Å². The van der Waals surface area contributed by atoms with Gasteiger partial charge in [0, 0.05) is 33.1 Å².